The molecule has 2 heteroatoms. The van der Waals surface area contributed by atoms with Gasteiger partial charge in [-0.05, 0) is 25.2 Å². The van der Waals surface area contributed by atoms with E-state index >= 15 is 0 Å². The predicted molar refractivity (Wildman–Crippen MR) is 41.7 cm³/mol. The molecule has 2 heterocycles. The van der Waals surface area contributed by atoms with Crippen LogP contribution in [-0.4, -0.2) is 18.1 Å². The molecule has 2 rings (SSSR count). The molecule has 4 unspecified atom stereocenters. The van der Waals surface area contributed by atoms with Crippen molar-refractivity contribution in [2.24, 2.45) is 11.7 Å². The Hall–Kier alpha value is -0.0800. The fourth-order valence-corrected chi connectivity index (χ4v) is 2.29. The molecule has 58 valence electrons. The summed E-state index contributed by atoms with van der Waals surface area (Å²) >= 11 is 0. The smallest absolute Gasteiger partial charge is 0.0111 e. The third kappa shape index (κ3) is 0.867. The Kier molecular flexibility index (Phi) is 1.46. The fraction of sp³-hybridized carbons (Fsp3) is 1.00. The zero-order chi connectivity index (χ0) is 7.14. The van der Waals surface area contributed by atoms with Gasteiger partial charge < -0.3 is 11.1 Å². The van der Waals surface area contributed by atoms with Gasteiger partial charge in [-0.15, -0.1) is 0 Å². The van der Waals surface area contributed by atoms with Gasteiger partial charge in [-0.1, -0.05) is 6.92 Å². The van der Waals surface area contributed by atoms with Crippen LogP contribution in [-0.2, 0) is 0 Å². The van der Waals surface area contributed by atoms with Crippen LogP contribution in [0.15, 0.2) is 0 Å². The van der Waals surface area contributed by atoms with Gasteiger partial charge in [0.25, 0.3) is 0 Å². The first kappa shape index (κ1) is 6.62. The number of nitrogens with one attached hydrogen (secondary N) is 1. The van der Waals surface area contributed by atoms with E-state index in [4.69, 9.17) is 5.73 Å². The lowest BCUT2D eigenvalue weighted by Crippen LogP contribution is -2.50. The molecule has 10 heavy (non-hydrogen) atoms. The number of hydrogen-bond acceptors (Lipinski definition) is 2. The predicted octanol–water partition coefficient (Wildman–Crippen LogP) is 0.474. The van der Waals surface area contributed by atoms with Crippen LogP contribution in [0.2, 0.25) is 0 Å². The van der Waals surface area contributed by atoms with Crippen LogP contribution < -0.4 is 11.1 Å². The highest BCUT2D eigenvalue weighted by Crippen LogP contribution is 2.29. The summed E-state index contributed by atoms with van der Waals surface area (Å²) in [5, 5.41) is 3.59. The molecule has 0 aromatic heterocycles. The molecule has 3 N–H and O–H groups in total. The van der Waals surface area contributed by atoms with Crippen molar-refractivity contribution in [2.75, 3.05) is 0 Å². The van der Waals surface area contributed by atoms with E-state index in [0.29, 0.717) is 12.0 Å². The lowest BCUT2D eigenvalue weighted by atomic mass is 9.89. The highest BCUT2D eigenvalue weighted by molar-refractivity contribution is 4.97. The Labute approximate surface area is 62.2 Å². The van der Waals surface area contributed by atoms with E-state index < -0.39 is 0 Å². The van der Waals surface area contributed by atoms with Crippen LogP contribution in [0, 0.1) is 5.92 Å². The van der Waals surface area contributed by atoms with Gasteiger partial charge in [0.15, 0.2) is 0 Å². The van der Waals surface area contributed by atoms with Gasteiger partial charge in [-0.2, -0.15) is 0 Å². The third-order valence-electron chi connectivity index (χ3n) is 3.14. The SMILES string of the molecule is CC1C(N)CC2CCC1N2. The van der Waals surface area contributed by atoms with Gasteiger partial charge in [0.05, 0.1) is 0 Å². The van der Waals surface area contributed by atoms with Gasteiger partial charge in [0.1, 0.15) is 0 Å². The van der Waals surface area contributed by atoms with Gasteiger partial charge in [-0.25, -0.2) is 0 Å². The molecule has 4 atom stereocenters. The number of nitrogens with two attached hydrogens (primary N) is 1. The average molecular weight is 140 g/mol. The first-order chi connectivity index (χ1) is 4.77. The molecular weight excluding hydrogens is 124 g/mol. The van der Waals surface area contributed by atoms with E-state index in [-0.39, 0.29) is 0 Å². The highest BCUT2D eigenvalue weighted by Gasteiger charge is 2.36. The molecule has 0 spiro atoms. The third-order valence-corrected chi connectivity index (χ3v) is 3.14. The van der Waals surface area contributed by atoms with Crippen molar-refractivity contribution in [3.63, 3.8) is 0 Å². The molecule has 2 fully saturated rings. The molecule has 2 bridgehead atoms. The standard InChI is InChI=1S/C8H16N2/c1-5-7(9)4-6-2-3-8(5)10-6/h5-8,10H,2-4,9H2,1H3. The Morgan fingerprint density at radius 1 is 1.40 bits per heavy atom. The minimum atomic E-state index is 0.457. The van der Waals surface area contributed by atoms with Crippen molar-refractivity contribution in [3.05, 3.63) is 0 Å². The van der Waals surface area contributed by atoms with Crippen LogP contribution in [0.3, 0.4) is 0 Å². The molecular formula is C8H16N2. The summed E-state index contributed by atoms with van der Waals surface area (Å²) in [4.78, 5) is 0. The number of rotatable bonds is 0. The van der Waals surface area contributed by atoms with Gasteiger partial charge in [0, 0.05) is 18.1 Å². The summed E-state index contributed by atoms with van der Waals surface area (Å²) in [6.45, 7) is 2.27. The van der Waals surface area contributed by atoms with Crippen LogP contribution in [0.1, 0.15) is 26.2 Å². The second-order valence-electron chi connectivity index (χ2n) is 3.81. The molecule has 0 aliphatic carbocycles. The molecule has 0 aromatic rings. The van der Waals surface area contributed by atoms with Crippen LogP contribution >= 0.6 is 0 Å². The van der Waals surface area contributed by atoms with Crippen molar-refractivity contribution >= 4 is 0 Å². The molecule has 2 aliphatic heterocycles. The normalized spacial score (nSPS) is 53.4. The van der Waals surface area contributed by atoms with E-state index in [1.807, 2.05) is 0 Å². The van der Waals surface area contributed by atoms with Gasteiger partial charge in [0.2, 0.25) is 0 Å². The van der Waals surface area contributed by atoms with E-state index in [1.54, 1.807) is 0 Å². The summed E-state index contributed by atoms with van der Waals surface area (Å²) in [6.07, 6.45) is 3.89. The van der Waals surface area contributed by atoms with E-state index in [2.05, 4.69) is 12.2 Å². The van der Waals surface area contributed by atoms with E-state index in [0.717, 1.165) is 12.1 Å². The van der Waals surface area contributed by atoms with Crippen LogP contribution in [0.25, 0.3) is 0 Å². The molecule has 0 amide bonds. The average Bonchev–Trinajstić information content (AvgIpc) is 2.29. The second kappa shape index (κ2) is 2.21. The Morgan fingerprint density at radius 2 is 2.20 bits per heavy atom. The monoisotopic (exact) mass is 140 g/mol. The second-order valence-corrected chi connectivity index (χ2v) is 3.81. The Balaban J connectivity index is 2.09. The number of piperidine rings is 1. The maximum Gasteiger partial charge on any atom is 0.0111 e. The summed E-state index contributed by atoms with van der Waals surface area (Å²) < 4.78 is 0. The minimum Gasteiger partial charge on any atom is -0.327 e. The molecule has 2 saturated heterocycles. The largest absolute Gasteiger partial charge is 0.327 e. The lowest BCUT2D eigenvalue weighted by Gasteiger charge is -2.32. The maximum atomic E-state index is 5.96. The first-order valence-corrected chi connectivity index (χ1v) is 4.29. The molecule has 0 radical (unpaired) electrons. The van der Waals surface area contributed by atoms with Crippen molar-refractivity contribution in [1.82, 2.24) is 5.32 Å². The van der Waals surface area contributed by atoms with E-state index in [1.165, 1.54) is 19.3 Å². The molecule has 0 saturated carbocycles. The zero-order valence-corrected chi connectivity index (χ0v) is 6.51. The van der Waals surface area contributed by atoms with Crippen molar-refractivity contribution in [1.29, 1.82) is 0 Å². The summed E-state index contributed by atoms with van der Waals surface area (Å²) in [7, 11) is 0. The van der Waals surface area contributed by atoms with Crippen LogP contribution in [0.4, 0.5) is 0 Å². The lowest BCUT2D eigenvalue weighted by molar-refractivity contribution is 0.270. The topological polar surface area (TPSA) is 38.0 Å². The van der Waals surface area contributed by atoms with Crippen LogP contribution in [0.5, 0.6) is 0 Å². The van der Waals surface area contributed by atoms with Crippen molar-refractivity contribution < 1.29 is 0 Å². The van der Waals surface area contributed by atoms with Crippen molar-refractivity contribution in [2.45, 2.75) is 44.3 Å². The summed E-state index contributed by atoms with van der Waals surface area (Å²) in [6, 6.07) is 1.93. The van der Waals surface area contributed by atoms with Crippen molar-refractivity contribution in [3.8, 4) is 0 Å². The fourth-order valence-electron chi connectivity index (χ4n) is 2.29. The first-order valence-electron chi connectivity index (χ1n) is 4.29. The summed E-state index contributed by atoms with van der Waals surface area (Å²) in [5.41, 5.74) is 5.96. The quantitative estimate of drug-likeness (QED) is 0.513. The highest BCUT2D eigenvalue weighted by atomic mass is 15.0. The Bertz CT molecular complexity index is 135. The molecule has 0 aromatic carbocycles. The van der Waals surface area contributed by atoms with Gasteiger partial charge >= 0.3 is 0 Å². The van der Waals surface area contributed by atoms with E-state index in [9.17, 15) is 0 Å². The minimum absolute atomic E-state index is 0.457. The van der Waals surface area contributed by atoms with Gasteiger partial charge in [-0.3, -0.25) is 0 Å². The number of fused-ring (bicyclic) bond motifs is 2. The zero-order valence-electron chi connectivity index (χ0n) is 6.51. The Morgan fingerprint density at radius 3 is 3.00 bits per heavy atom. The number of hydrogen-bond donors (Lipinski definition) is 2. The maximum absolute atomic E-state index is 5.96. The molecule has 2 aliphatic rings. The summed E-state index contributed by atoms with van der Waals surface area (Å²) in [5.74, 6) is 0.693. The molecule has 2 nitrogen and oxygen atoms in total.